The van der Waals surface area contributed by atoms with Gasteiger partial charge in [-0.25, -0.2) is 0 Å². The van der Waals surface area contributed by atoms with E-state index in [2.05, 4.69) is 28.7 Å². The molecule has 0 aromatic heterocycles. The molecule has 4 atom stereocenters. The lowest BCUT2D eigenvalue weighted by atomic mass is 9.75. The van der Waals surface area contributed by atoms with Gasteiger partial charge in [-0.3, -0.25) is 9.69 Å². The van der Waals surface area contributed by atoms with E-state index in [1.54, 1.807) is 7.11 Å². The Morgan fingerprint density at radius 2 is 2.38 bits per heavy atom. The highest BCUT2D eigenvalue weighted by atomic mass is 16.5. The van der Waals surface area contributed by atoms with Crippen LogP contribution >= 0.6 is 0 Å². The summed E-state index contributed by atoms with van der Waals surface area (Å²) in [4.78, 5) is 16.4. The van der Waals surface area contributed by atoms with Gasteiger partial charge in [-0.15, -0.1) is 6.58 Å². The van der Waals surface area contributed by atoms with E-state index in [4.69, 9.17) is 4.74 Å². The van der Waals surface area contributed by atoms with Crippen molar-refractivity contribution in [3.63, 3.8) is 0 Å². The monoisotopic (exact) mass is 295 g/mol. The largest absolute Gasteiger partial charge is 0.375 e. The molecule has 0 radical (unpaired) electrons. The second-order valence-electron chi connectivity index (χ2n) is 6.44. The van der Waals surface area contributed by atoms with Crippen LogP contribution in [0.3, 0.4) is 0 Å². The van der Waals surface area contributed by atoms with Crippen molar-refractivity contribution in [1.29, 1.82) is 0 Å². The molecule has 1 unspecified atom stereocenters. The standard InChI is InChI=1S/C16H29N3O2/c1-4-6-18(2)10-14-11-19-7-5-13(14)8-15(19)9-17-16(20)12-21-3/h4,13-15H,1,5-12H2,2-3H3,(H,17,20)/t13-,14-,15+/m0/s1. The molecular formula is C16H29N3O2. The normalized spacial score (nSPS) is 31.4. The molecule has 1 amide bonds. The molecular weight excluding hydrogens is 266 g/mol. The number of carbonyl (C=O) groups excluding carboxylic acids is 1. The van der Waals surface area contributed by atoms with Gasteiger partial charge in [0, 0.05) is 39.3 Å². The average molecular weight is 295 g/mol. The minimum absolute atomic E-state index is 0.0117. The Morgan fingerprint density at radius 1 is 1.57 bits per heavy atom. The molecule has 3 fully saturated rings. The Bertz CT molecular complexity index is 361. The van der Waals surface area contributed by atoms with Crippen LogP contribution < -0.4 is 5.32 Å². The fourth-order valence-corrected chi connectivity index (χ4v) is 3.78. The van der Waals surface area contributed by atoms with Crippen molar-refractivity contribution in [2.45, 2.75) is 18.9 Å². The third-order valence-corrected chi connectivity index (χ3v) is 4.81. The number of nitrogens with one attached hydrogen (secondary N) is 1. The van der Waals surface area contributed by atoms with E-state index < -0.39 is 0 Å². The third-order valence-electron chi connectivity index (χ3n) is 4.81. The van der Waals surface area contributed by atoms with Crippen LogP contribution in [0.2, 0.25) is 0 Å². The molecule has 3 saturated heterocycles. The number of amides is 1. The molecule has 21 heavy (non-hydrogen) atoms. The van der Waals surface area contributed by atoms with Crippen LogP contribution in [0.25, 0.3) is 0 Å². The third kappa shape index (κ3) is 4.53. The Morgan fingerprint density at radius 3 is 3.00 bits per heavy atom. The highest BCUT2D eigenvalue weighted by Crippen LogP contribution is 2.36. The Labute approximate surface area is 128 Å². The minimum atomic E-state index is -0.0117. The number of ether oxygens (including phenoxy) is 1. The zero-order chi connectivity index (χ0) is 15.2. The number of methoxy groups -OCH3 is 1. The summed E-state index contributed by atoms with van der Waals surface area (Å²) in [5.74, 6) is 1.55. The van der Waals surface area contributed by atoms with E-state index in [0.29, 0.717) is 6.04 Å². The lowest BCUT2D eigenvalue weighted by molar-refractivity contribution is -0.125. The maximum Gasteiger partial charge on any atom is 0.246 e. The van der Waals surface area contributed by atoms with Crippen molar-refractivity contribution >= 4 is 5.91 Å². The number of fused-ring (bicyclic) bond motifs is 3. The molecule has 5 heteroatoms. The van der Waals surface area contributed by atoms with Gasteiger partial charge < -0.3 is 15.0 Å². The van der Waals surface area contributed by atoms with Crippen LogP contribution in [-0.2, 0) is 9.53 Å². The lowest BCUT2D eigenvalue weighted by Crippen LogP contribution is -2.58. The summed E-state index contributed by atoms with van der Waals surface area (Å²) >= 11 is 0. The Hall–Kier alpha value is -0.910. The summed E-state index contributed by atoms with van der Waals surface area (Å²) < 4.78 is 4.85. The first-order chi connectivity index (χ1) is 10.1. The molecule has 0 saturated carbocycles. The highest BCUT2D eigenvalue weighted by Gasteiger charge is 2.40. The van der Waals surface area contributed by atoms with E-state index in [1.807, 2.05) is 6.08 Å². The van der Waals surface area contributed by atoms with Gasteiger partial charge >= 0.3 is 0 Å². The molecule has 3 rings (SSSR count). The first-order valence-corrected chi connectivity index (χ1v) is 7.93. The van der Waals surface area contributed by atoms with Gasteiger partial charge in [-0.05, 0) is 38.3 Å². The molecule has 0 aromatic carbocycles. The molecule has 3 aliphatic rings. The number of carbonyl (C=O) groups is 1. The number of rotatable bonds is 8. The van der Waals surface area contributed by atoms with Gasteiger partial charge in [-0.1, -0.05) is 6.08 Å². The molecule has 2 bridgehead atoms. The Balaban J connectivity index is 1.78. The summed E-state index contributed by atoms with van der Waals surface area (Å²) in [5.41, 5.74) is 0. The molecule has 120 valence electrons. The number of nitrogens with zero attached hydrogens (tertiary/aromatic N) is 2. The maximum atomic E-state index is 11.5. The molecule has 5 nitrogen and oxygen atoms in total. The van der Waals surface area contributed by atoms with Gasteiger partial charge in [0.05, 0.1) is 0 Å². The van der Waals surface area contributed by atoms with Crippen molar-refractivity contribution in [3.05, 3.63) is 12.7 Å². The van der Waals surface area contributed by atoms with Crippen LogP contribution in [0.1, 0.15) is 12.8 Å². The van der Waals surface area contributed by atoms with Crippen molar-refractivity contribution < 1.29 is 9.53 Å². The van der Waals surface area contributed by atoms with Gasteiger partial charge in [0.25, 0.3) is 0 Å². The number of hydrogen-bond acceptors (Lipinski definition) is 4. The van der Waals surface area contributed by atoms with Crippen molar-refractivity contribution in [2.24, 2.45) is 11.8 Å². The predicted octanol–water partition coefficient (Wildman–Crippen LogP) is 0.577. The molecule has 3 heterocycles. The van der Waals surface area contributed by atoms with Crippen LogP contribution in [0, 0.1) is 11.8 Å². The Kier molecular flexibility index (Phi) is 6.21. The first-order valence-electron chi connectivity index (χ1n) is 7.93. The molecule has 1 N–H and O–H groups in total. The van der Waals surface area contributed by atoms with E-state index in [1.165, 1.54) is 19.4 Å². The van der Waals surface area contributed by atoms with Crippen LogP contribution in [0.5, 0.6) is 0 Å². The zero-order valence-corrected chi connectivity index (χ0v) is 13.4. The lowest BCUT2D eigenvalue weighted by Gasteiger charge is -2.50. The predicted molar refractivity (Wildman–Crippen MR) is 84.2 cm³/mol. The van der Waals surface area contributed by atoms with Crippen LogP contribution in [0.15, 0.2) is 12.7 Å². The number of likely N-dealkylation sites (N-methyl/N-ethyl adjacent to an activating group) is 1. The van der Waals surface area contributed by atoms with Crippen molar-refractivity contribution in [2.75, 3.05) is 53.5 Å². The summed E-state index contributed by atoms with van der Waals surface area (Å²) in [5, 5.41) is 2.98. The van der Waals surface area contributed by atoms with E-state index in [0.717, 1.165) is 38.0 Å². The number of piperidine rings is 3. The second kappa shape index (κ2) is 7.92. The zero-order valence-electron chi connectivity index (χ0n) is 13.4. The molecule has 0 spiro atoms. The SMILES string of the molecule is C=CCN(C)C[C@H]1CN2CC[C@H]1C[C@@H]2CNC(=O)COC. The van der Waals surface area contributed by atoms with Gasteiger partial charge in [0.15, 0.2) is 0 Å². The van der Waals surface area contributed by atoms with Crippen LogP contribution in [-0.4, -0.2) is 75.2 Å². The fourth-order valence-electron chi connectivity index (χ4n) is 3.78. The summed E-state index contributed by atoms with van der Waals surface area (Å²) in [7, 11) is 3.72. The maximum absolute atomic E-state index is 11.5. The van der Waals surface area contributed by atoms with Crippen LogP contribution in [0.4, 0.5) is 0 Å². The van der Waals surface area contributed by atoms with Crippen molar-refractivity contribution in [1.82, 2.24) is 15.1 Å². The molecule has 0 aromatic rings. The van der Waals surface area contributed by atoms with Gasteiger partial charge in [-0.2, -0.15) is 0 Å². The van der Waals surface area contributed by atoms with E-state index in [-0.39, 0.29) is 12.5 Å². The smallest absolute Gasteiger partial charge is 0.246 e. The minimum Gasteiger partial charge on any atom is -0.375 e. The van der Waals surface area contributed by atoms with E-state index >= 15 is 0 Å². The van der Waals surface area contributed by atoms with Gasteiger partial charge in [0.2, 0.25) is 5.91 Å². The fraction of sp³-hybridized carbons (Fsp3) is 0.812. The average Bonchev–Trinajstić information content (AvgIpc) is 2.46. The van der Waals surface area contributed by atoms with Crippen molar-refractivity contribution in [3.8, 4) is 0 Å². The highest BCUT2D eigenvalue weighted by molar-refractivity contribution is 5.77. The first kappa shape index (κ1) is 16.5. The summed E-state index contributed by atoms with van der Waals surface area (Å²) in [6.07, 6.45) is 4.48. The quantitative estimate of drug-likeness (QED) is 0.665. The molecule has 3 aliphatic heterocycles. The van der Waals surface area contributed by atoms with Gasteiger partial charge in [0.1, 0.15) is 6.61 Å². The van der Waals surface area contributed by atoms with E-state index in [9.17, 15) is 4.79 Å². The summed E-state index contributed by atoms with van der Waals surface area (Å²) in [6.45, 7) is 9.17. The number of hydrogen-bond donors (Lipinski definition) is 1. The summed E-state index contributed by atoms with van der Waals surface area (Å²) in [6, 6.07) is 0.505. The topological polar surface area (TPSA) is 44.8 Å². The molecule has 0 aliphatic carbocycles. The second-order valence-corrected chi connectivity index (χ2v) is 6.44.